The molecule has 0 bridgehead atoms. The fraction of sp³-hybridized carbons (Fsp3) is 0.500. The minimum atomic E-state index is -0.718. The van der Waals surface area contributed by atoms with Crippen molar-refractivity contribution in [1.29, 1.82) is 0 Å². The van der Waals surface area contributed by atoms with Crippen molar-refractivity contribution >= 4 is 39.5 Å². The first kappa shape index (κ1) is 24.0. The van der Waals surface area contributed by atoms with E-state index in [1.165, 1.54) is 6.92 Å². The van der Waals surface area contributed by atoms with Gasteiger partial charge < -0.3 is 15.2 Å². The Morgan fingerprint density at radius 1 is 1.18 bits per heavy atom. The highest BCUT2D eigenvalue weighted by atomic mass is 33.1. The first-order valence-corrected chi connectivity index (χ1v) is 11.5. The average Bonchev–Trinajstić information content (AvgIpc) is 2.64. The number of carbonyl (C=O) groups excluding carboxylic acids is 3. The largest absolute Gasteiger partial charge is 0.508 e. The highest BCUT2D eigenvalue weighted by Gasteiger charge is 2.21. The Morgan fingerprint density at radius 3 is 2.46 bits per heavy atom. The van der Waals surface area contributed by atoms with Crippen molar-refractivity contribution in [1.82, 2.24) is 16.2 Å². The second kappa shape index (κ2) is 13.2. The maximum Gasteiger partial charge on any atom is 0.426 e. The Kier molecular flexibility index (Phi) is 11.3. The third kappa shape index (κ3) is 10.3. The molecule has 1 aromatic carbocycles. The molecule has 0 aliphatic heterocycles. The number of aromatic hydroxyl groups is 1. The molecular weight excluding hydrogens is 402 g/mol. The minimum Gasteiger partial charge on any atom is -0.508 e. The second-order valence-electron chi connectivity index (χ2n) is 6.14. The predicted octanol–water partition coefficient (Wildman–Crippen LogP) is 2.23. The number of phenols is 1. The molecule has 0 spiro atoms. The van der Waals surface area contributed by atoms with Gasteiger partial charge in [-0.05, 0) is 36.8 Å². The van der Waals surface area contributed by atoms with Gasteiger partial charge in [0, 0.05) is 24.6 Å². The Hall–Kier alpha value is -2.07. The minimum absolute atomic E-state index is 0.164. The van der Waals surface area contributed by atoms with Crippen LogP contribution in [0.5, 0.6) is 5.75 Å². The number of hydrazine groups is 1. The fourth-order valence-electron chi connectivity index (χ4n) is 2.45. The van der Waals surface area contributed by atoms with Crippen LogP contribution in [0, 0.1) is 5.92 Å². The van der Waals surface area contributed by atoms with Crippen molar-refractivity contribution in [3.8, 4) is 5.75 Å². The van der Waals surface area contributed by atoms with Crippen LogP contribution < -0.4 is 16.2 Å². The number of nitrogens with one attached hydrogen (secondary N) is 3. The molecule has 0 fully saturated rings. The lowest BCUT2D eigenvalue weighted by molar-refractivity contribution is -0.126. The summed E-state index contributed by atoms with van der Waals surface area (Å²) in [5, 5.41) is 12.2. The summed E-state index contributed by atoms with van der Waals surface area (Å²) in [4.78, 5) is 35.2. The number of rotatable bonds is 10. The molecule has 0 aliphatic rings. The first-order chi connectivity index (χ1) is 13.3. The Labute approximate surface area is 172 Å². The molecule has 0 saturated carbocycles. The topological polar surface area (TPSA) is 117 Å². The van der Waals surface area contributed by atoms with E-state index < -0.39 is 12.0 Å². The Balaban J connectivity index is 2.48. The normalized spacial score (nSPS) is 12.5. The van der Waals surface area contributed by atoms with E-state index in [4.69, 9.17) is 4.74 Å². The number of phenolic OH excluding ortho intramolecular Hbond substituents is 1. The maximum absolute atomic E-state index is 12.2. The van der Waals surface area contributed by atoms with Gasteiger partial charge in [0.1, 0.15) is 12.4 Å². The second-order valence-corrected chi connectivity index (χ2v) is 8.83. The van der Waals surface area contributed by atoms with E-state index in [2.05, 4.69) is 16.2 Å². The van der Waals surface area contributed by atoms with Gasteiger partial charge in [-0.15, -0.1) is 0 Å². The summed E-state index contributed by atoms with van der Waals surface area (Å²) in [5.41, 5.74) is 5.48. The molecule has 0 aliphatic carbocycles. The van der Waals surface area contributed by atoms with Gasteiger partial charge in [0.25, 0.3) is 0 Å². The zero-order valence-corrected chi connectivity index (χ0v) is 17.8. The summed E-state index contributed by atoms with van der Waals surface area (Å²) in [7, 11) is 3.15. The number of ether oxygens (including phenoxy) is 1. The molecule has 3 amide bonds. The van der Waals surface area contributed by atoms with Crippen molar-refractivity contribution in [2.45, 2.75) is 32.7 Å². The monoisotopic (exact) mass is 429 g/mol. The molecular formula is C18H27N3O5S2. The van der Waals surface area contributed by atoms with Crippen LogP contribution in [0.15, 0.2) is 24.3 Å². The van der Waals surface area contributed by atoms with Gasteiger partial charge in [-0.25, -0.2) is 10.2 Å². The van der Waals surface area contributed by atoms with Gasteiger partial charge in [-0.2, -0.15) is 0 Å². The molecule has 28 heavy (non-hydrogen) atoms. The van der Waals surface area contributed by atoms with E-state index in [1.54, 1.807) is 52.8 Å². The summed E-state index contributed by atoms with van der Waals surface area (Å²) in [5.74, 6) is -0.203. The summed E-state index contributed by atoms with van der Waals surface area (Å²) >= 11 is 0. The number of hydrogen-bond acceptors (Lipinski definition) is 7. The molecule has 0 unspecified atom stereocenters. The lowest BCUT2D eigenvalue weighted by Gasteiger charge is -2.21. The van der Waals surface area contributed by atoms with Crippen molar-refractivity contribution in [2.24, 2.45) is 5.92 Å². The SMILES string of the molecule is CSSCCOC(=O)NNC(=O)[C@@H](C)C[C@H](Cc1ccc(O)cc1)NC(C)=O. The van der Waals surface area contributed by atoms with Crippen molar-refractivity contribution in [2.75, 3.05) is 18.6 Å². The summed E-state index contributed by atoms with van der Waals surface area (Å²) in [6, 6.07) is 6.41. The van der Waals surface area contributed by atoms with Crippen LogP contribution in [-0.2, 0) is 20.7 Å². The Bertz CT molecular complexity index is 643. The average molecular weight is 430 g/mol. The van der Waals surface area contributed by atoms with Crippen LogP contribution in [0.2, 0.25) is 0 Å². The molecule has 2 atom stereocenters. The van der Waals surface area contributed by atoms with Gasteiger partial charge in [0.2, 0.25) is 11.8 Å². The number of carbonyl (C=O) groups is 3. The van der Waals surface area contributed by atoms with Gasteiger partial charge in [0.15, 0.2) is 0 Å². The van der Waals surface area contributed by atoms with E-state index in [9.17, 15) is 19.5 Å². The van der Waals surface area contributed by atoms with Crippen LogP contribution in [0.1, 0.15) is 25.8 Å². The van der Waals surface area contributed by atoms with Gasteiger partial charge in [-0.3, -0.25) is 15.0 Å². The third-order valence-corrected chi connectivity index (χ3v) is 5.49. The lowest BCUT2D eigenvalue weighted by atomic mass is 9.95. The number of benzene rings is 1. The smallest absolute Gasteiger partial charge is 0.426 e. The van der Waals surface area contributed by atoms with Gasteiger partial charge >= 0.3 is 6.09 Å². The molecule has 1 aromatic rings. The molecule has 8 nitrogen and oxygen atoms in total. The zero-order valence-electron chi connectivity index (χ0n) is 16.2. The lowest BCUT2D eigenvalue weighted by Crippen LogP contribution is -2.46. The quantitative estimate of drug-likeness (QED) is 0.256. The van der Waals surface area contributed by atoms with E-state index in [1.807, 2.05) is 6.26 Å². The molecule has 0 radical (unpaired) electrons. The molecule has 0 heterocycles. The Morgan fingerprint density at radius 2 is 1.86 bits per heavy atom. The molecule has 0 saturated heterocycles. The van der Waals surface area contributed by atoms with Crippen molar-refractivity contribution in [3.05, 3.63) is 29.8 Å². The van der Waals surface area contributed by atoms with Crippen molar-refractivity contribution in [3.63, 3.8) is 0 Å². The standard InChI is InChI=1S/C18H27N3O5S2/c1-12(17(24)20-21-18(25)26-8-9-28-27-3)10-15(19-13(2)22)11-14-4-6-16(23)7-5-14/h4-7,12,15,23H,8-11H2,1-3H3,(H,19,22)(H,20,24)(H,21,25)/t12-,15+/m0/s1. The van der Waals surface area contributed by atoms with Gasteiger partial charge in [-0.1, -0.05) is 40.6 Å². The third-order valence-electron chi connectivity index (χ3n) is 3.72. The number of hydrogen-bond donors (Lipinski definition) is 4. The molecule has 4 N–H and O–H groups in total. The fourth-order valence-corrected chi connectivity index (χ4v) is 3.48. The van der Waals surface area contributed by atoms with Crippen LogP contribution in [-0.4, -0.2) is 47.7 Å². The molecule has 0 aromatic heterocycles. The zero-order chi connectivity index (χ0) is 20.9. The summed E-state index contributed by atoms with van der Waals surface area (Å²) < 4.78 is 4.92. The van der Waals surface area contributed by atoms with Crippen molar-refractivity contribution < 1.29 is 24.2 Å². The molecule has 10 heteroatoms. The summed E-state index contributed by atoms with van der Waals surface area (Å²) in [6.07, 6.45) is 2.11. The summed E-state index contributed by atoms with van der Waals surface area (Å²) in [6.45, 7) is 3.38. The van der Waals surface area contributed by atoms with Crippen LogP contribution in [0.3, 0.4) is 0 Å². The molecule has 1 rings (SSSR count). The van der Waals surface area contributed by atoms with Crippen LogP contribution in [0.25, 0.3) is 0 Å². The van der Waals surface area contributed by atoms with Gasteiger partial charge in [0.05, 0.1) is 0 Å². The maximum atomic E-state index is 12.2. The molecule has 156 valence electrons. The van der Waals surface area contributed by atoms with Crippen LogP contribution in [0.4, 0.5) is 4.79 Å². The van der Waals surface area contributed by atoms with E-state index in [0.29, 0.717) is 18.6 Å². The van der Waals surface area contributed by atoms with E-state index in [-0.39, 0.29) is 30.2 Å². The van der Waals surface area contributed by atoms with E-state index >= 15 is 0 Å². The first-order valence-electron chi connectivity index (χ1n) is 8.75. The highest BCUT2D eigenvalue weighted by Crippen LogP contribution is 2.16. The highest BCUT2D eigenvalue weighted by molar-refractivity contribution is 8.76. The number of amides is 3. The van der Waals surface area contributed by atoms with Crippen LogP contribution >= 0.6 is 21.6 Å². The van der Waals surface area contributed by atoms with E-state index in [0.717, 1.165) is 5.56 Å². The predicted molar refractivity (Wildman–Crippen MR) is 112 cm³/mol.